The molecule has 1 heterocycles. The second-order valence-corrected chi connectivity index (χ2v) is 3.10. The number of aliphatic hydroxyl groups excluding tert-OH is 1. The van der Waals surface area contributed by atoms with Crippen LogP contribution in [0.2, 0.25) is 0 Å². The summed E-state index contributed by atoms with van der Waals surface area (Å²) in [5, 5.41) is 9.48. The average Bonchev–Trinajstić information content (AvgIpc) is 2.20. The van der Waals surface area contributed by atoms with Crippen molar-refractivity contribution < 1.29 is 9.84 Å². The number of ether oxygens (including phenoxy) is 1. The predicted octanol–water partition coefficient (Wildman–Crippen LogP) is 2.72. The summed E-state index contributed by atoms with van der Waals surface area (Å²) >= 11 is 0. The van der Waals surface area contributed by atoms with E-state index in [0.29, 0.717) is 6.61 Å². The summed E-state index contributed by atoms with van der Waals surface area (Å²) in [6.07, 6.45) is 1.88. The third kappa shape index (κ3) is 1.66. The Morgan fingerprint density at radius 2 is 1.92 bits per heavy atom. The molecule has 1 aliphatic rings. The minimum Gasteiger partial charge on any atom is -0.481 e. The molecule has 0 unspecified atom stereocenters. The normalized spacial score (nSPS) is 16.9. The highest BCUT2D eigenvalue weighted by molar-refractivity contribution is 5.66. The van der Waals surface area contributed by atoms with Crippen molar-refractivity contribution in [2.45, 2.75) is 12.8 Å². The molecule has 2 heteroatoms. The zero-order valence-corrected chi connectivity index (χ0v) is 7.36. The van der Waals surface area contributed by atoms with Crippen LogP contribution in [-0.4, -0.2) is 11.7 Å². The lowest BCUT2D eigenvalue weighted by Gasteiger charge is -2.16. The van der Waals surface area contributed by atoms with Crippen LogP contribution in [0.4, 0.5) is 0 Å². The smallest absolute Gasteiger partial charge is 0.280 e. The van der Waals surface area contributed by atoms with E-state index in [1.165, 1.54) is 0 Å². The van der Waals surface area contributed by atoms with Crippen LogP contribution in [0.3, 0.4) is 0 Å². The standard InChI is InChI=1S/C11H12O2/c12-11-10(7-4-8-13-11)9-5-2-1-3-6-9/h1-3,5-6,12H,4,7-8H2. The zero-order chi connectivity index (χ0) is 9.10. The Kier molecular flexibility index (Phi) is 2.21. The van der Waals surface area contributed by atoms with Crippen molar-refractivity contribution in [1.82, 2.24) is 0 Å². The summed E-state index contributed by atoms with van der Waals surface area (Å²) in [6, 6.07) is 9.86. The molecule has 0 amide bonds. The Morgan fingerprint density at radius 3 is 2.62 bits per heavy atom. The van der Waals surface area contributed by atoms with E-state index in [1.807, 2.05) is 30.3 Å². The van der Waals surface area contributed by atoms with Gasteiger partial charge in [-0.2, -0.15) is 0 Å². The van der Waals surface area contributed by atoms with Gasteiger partial charge in [0.2, 0.25) is 0 Å². The van der Waals surface area contributed by atoms with E-state index in [0.717, 1.165) is 24.0 Å². The number of allylic oxidation sites excluding steroid dienone is 1. The summed E-state index contributed by atoms with van der Waals surface area (Å²) in [4.78, 5) is 0. The van der Waals surface area contributed by atoms with Crippen molar-refractivity contribution in [3.63, 3.8) is 0 Å². The van der Waals surface area contributed by atoms with E-state index in [9.17, 15) is 5.11 Å². The van der Waals surface area contributed by atoms with Crippen LogP contribution < -0.4 is 0 Å². The molecule has 1 aromatic rings. The first kappa shape index (κ1) is 8.17. The molecule has 2 rings (SSSR count). The van der Waals surface area contributed by atoms with Gasteiger partial charge in [-0.15, -0.1) is 0 Å². The lowest BCUT2D eigenvalue weighted by molar-refractivity contribution is 0.0841. The van der Waals surface area contributed by atoms with Gasteiger partial charge in [-0.3, -0.25) is 0 Å². The van der Waals surface area contributed by atoms with Gasteiger partial charge in [0.25, 0.3) is 5.95 Å². The van der Waals surface area contributed by atoms with E-state index in [1.54, 1.807) is 0 Å². The first-order valence-corrected chi connectivity index (χ1v) is 4.48. The third-order valence-corrected chi connectivity index (χ3v) is 2.19. The lowest BCUT2D eigenvalue weighted by atomic mass is 10.0. The highest BCUT2D eigenvalue weighted by Crippen LogP contribution is 2.26. The molecule has 0 fully saturated rings. The molecule has 1 aromatic carbocycles. The van der Waals surface area contributed by atoms with Crippen LogP contribution in [0.1, 0.15) is 18.4 Å². The third-order valence-electron chi connectivity index (χ3n) is 2.19. The minimum absolute atomic E-state index is 0.0949. The molecule has 1 N–H and O–H groups in total. The lowest BCUT2D eigenvalue weighted by Crippen LogP contribution is -2.05. The molecule has 0 aliphatic carbocycles. The molecule has 0 saturated carbocycles. The number of benzene rings is 1. The Bertz CT molecular complexity index is 314. The largest absolute Gasteiger partial charge is 0.481 e. The van der Waals surface area contributed by atoms with Gasteiger partial charge >= 0.3 is 0 Å². The van der Waals surface area contributed by atoms with Crippen LogP contribution in [0, 0.1) is 0 Å². The molecule has 0 radical (unpaired) electrons. The molecule has 0 bridgehead atoms. The summed E-state index contributed by atoms with van der Waals surface area (Å²) in [6.45, 7) is 0.627. The van der Waals surface area contributed by atoms with Gasteiger partial charge < -0.3 is 9.84 Å². The van der Waals surface area contributed by atoms with Crippen molar-refractivity contribution in [3.8, 4) is 0 Å². The average molecular weight is 176 g/mol. The topological polar surface area (TPSA) is 29.5 Å². The van der Waals surface area contributed by atoms with E-state index in [2.05, 4.69) is 0 Å². The van der Waals surface area contributed by atoms with Gasteiger partial charge in [0.05, 0.1) is 6.61 Å². The van der Waals surface area contributed by atoms with Gasteiger partial charge in [-0.25, -0.2) is 0 Å². The van der Waals surface area contributed by atoms with E-state index in [-0.39, 0.29) is 5.95 Å². The molecule has 1 aliphatic heterocycles. The summed E-state index contributed by atoms with van der Waals surface area (Å²) in [7, 11) is 0. The molecule has 0 spiro atoms. The molecule has 0 atom stereocenters. The van der Waals surface area contributed by atoms with Gasteiger partial charge in [0.15, 0.2) is 0 Å². The number of hydrogen-bond donors (Lipinski definition) is 1. The first-order valence-electron chi connectivity index (χ1n) is 4.48. The molecule has 13 heavy (non-hydrogen) atoms. The monoisotopic (exact) mass is 176 g/mol. The zero-order valence-electron chi connectivity index (χ0n) is 7.36. The summed E-state index contributed by atoms with van der Waals surface area (Å²) < 4.78 is 5.08. The van der Waals surface area contributed by atoms with Crippen LogP contribution in [-0.2, 0) is 4.74 Å². The maximum absolute atomic E-state index is 9.48. The summed E-state index contributed by atoms with van der Waals surface area (Å²) in [5.41, 5.74) is 1.98. The first-order chi connectivity index (χ1) is 6.38. The van der Waals surface area contributed by atoms with Crippen LogP contribution in [0.25, 0.3) is 5.57 Å². The van der Waals surface area contributed by atoms with Gasteiger partial charge in [0.1, 0.15) is 0 Å². The van der Waals surface area contributed by atoms with Gasteiger partial charge in [0, 0.05) is 5.57 Å². The quantitative estimate of drug-likeness (QED) is 0.712. The van der Waals surface area contributed by atoms with Crippen LogP contribution >= 0.6 is 0 Å². The number of hydrogen-bond acceptors (Lipinski definition) is 2. The Morgan fingerprint density at radius 1 is 1.15 bits per heavy atom. The Labute approximate surface area is 77.5 Å². The Balaban J connectivity index is 2.35. The van der Waals surface area contributed by atoms with Crippen molar-refractivity contribution in [2.75, 3.05) is 6.61 Å². The maximum atomic E-state index is 9.48. The SMILES string of the molecule is OC1=C(c2ccccc2)CCCO1. The van der Waals surface area contributed by atoms with Crippen LogP contribution in [0.5, 0.6) is 0 Å². The molecule has 68 valence electrons. The predicted molar refractivity (Wildman–Crippen MR) is 51.2 cm³/mol. The van der Waals surface area contributed by atoms with Crippen LogP contribution in [0.15, 0.2) is 36.3 Å². The molecular formula is C11H12O2. The van der Waals surface area contributed by atoms with Crippen molar-refractivity contribution in [2.24, 2.45) is 0 Å². The van der Waals surface area contributed by atoms with E-state index < -0.39 is 0 Å². The fourth-order valence-corrected chi connectivity index (χ4v) is 1.52. The minimum atomic E-state index is 0.0949. The summed E-state index contributed by atoms with van der Waals surface area (Å²) in [5.74, 6) is 0.0949. The van der Waals surface area contributed by atoms with Crippen molar-refractivity contribution in [1.29, 1.82) is 0 Å². The highest BCUT2D eigenvalue weighted by Gasteiger charge is 2.13. The molecule has 0 saturated heterocycles. The molecule has 2 nitrogen and oxygen atoms in total. The van der Waals surface area contributed by atoms with E-state index >= 15 is 0 Å². The van der Waals surface area contributed by atoms with E-state index in [4.69, 9.17) is 4.74 Å². The Hall–Kier alpha value is -1.44. The molecule has 0 aromatic heterocycles. The van der Waals surface area contributed by atoms with Crippen molar-refractivity contribution >= 4 is 5.57 Å². The second kappa shape index (κ2) is 3.52. The van der Waals surface area contributed by atoms with Gasteiger partial charge in [-0.05, 0) is 18.4 Å². The number of rotatable bonds is 1. The fraction of sp³-hybridized carbons (Fsp3) is 0.273. The highest BCUT2D eigenvalue weighted by atomic mass is 16.6. The maximum Gasteiger partial charge on any atom is 0.280 e. The van der Waals surface area contributed by atoms with Gasteiger partial charge in [-0.1, -0.05) is 30.3 Å². The fourth-order valence-electron chi connectivity index (χ4n) is 1.52. The molecular weight excluding hydrogens is 164 g/mol. The van der Waals surface area contributed by atoms with Crippen molar-refractivity contribution in [3.05, 3.63) is 41.8 Å². The number of aliphatic hydroxyl groups is 1. The second-order valence-electron chi connectivity index (χ2n) is 3.10.